The molecule has 0 saturated heterocycles. The average molecular weight is 354 g/mol. The van der Waals surface area contributed by atoms with Crippen molar-refractivity contribution in [3.05, 3.63) is 59.6 Å². The summed E-state index contributed by atoms with van der Waals surface area (Å²) in [6, 6.07) is 7.35. The molecule has 26 heavy (non-hydrogen) atoms. The van der Waals surface area contributed by atoms with E-state index in [0.29, 0.717) is 22.5 Å². The molecule has 3 aromatic rings. The van der Waals surface area contributed by atoms with Crippen molar-refractivity contribution in [2.24, 2.45) is 0 Å². The van der Waals surface area contributed by atoms with Crippen molar-refractivity contribution in [2.45, 2.75) is 13.0 Å². The van der Waals surface area contributed by atoms with Crippen LogP contribution >= 0.6 is 0 Å². The molecule has 1 N–H and O–H groups in total. The first kappa shape index (κ1) is 17.5. The molecule has 0 unspecified atom stereocenters. The molecular formula is C19H18N2O5. The van der Waals surface area contributed by atoms with Gasteiger partial charge in [-0.15, -0.1) is 0 Å². The number of aromatic nitrogens is 1. The highest BCUT2D eigenvalue weighted by Gasteiger charge is 2.32. The highest BCUT2D eigenvalue weighted by atomic mass is 16.5. The fourth-order valence-corrected chi connectivity index (χ4v) is 2.88. The number of ether oxygens (including phenoxy) is 1. The van der Waals surface area contributed by atoms with Crippen LogP contribution in [0.1, 0.15) is 27.7 Å². The van der Waals surface area contributed by atoms with Crippen LogP contribution in [0, 0.1) is 6.92 Å². The molecule has 2 aromatic heterocycles. The molecule has 0 aliphatic rings. The van der Waals surface area contributed by atoms with E-state index in [0.717, 1.165) is 10.3 Å². The molecule has 2 heterocycles. The number of hydrogen-bond acceptors (Lipinski definition) is 5. The Balaban J connectivity index is 2.01. The number of rotatable bonds is 5. The fourth-order valence-electron chi connectivity index (χ4n) is 2.88. The first-order valence-electron chi connectivity index (χ1n) is 7.91. The summed E-state index contributed by atoms with van der Waals surface area (Å²) in [7, 11) is 2.98. The molecular weight excluding hydrogens is 336 g/mol. The van der Waals surface area contributed by atoms with Gasteiger partial charge in [0.1, 0.15) is 11.3 Å². The third kappa shape index (κ3) is 2.99. The number of fused-ring (bicyclic) bond motifs is 1. The number of pyridine rings is 1. The standard InChI is InChI=1S/C19H18N2O5/c1-11-14-7-6-13(25-3)9-15(14)26-17(11)18(22)21(2)16(19(23)24)12-5-4-8-20-10-12/h4-10,16H,1-3H3,(H,23,24)/t16-/m0/s1. The van der Waals surface area contributed by atoms with E-state index in [4.69, 9.17) is 9.15 Å². The maximum atomic E-state index is 12.9. The van der Waals surface area contributed by atoms with Crippen LogP contribution in [0.15, 0.2) is 47.1 Å². The van der Waals surface area contributed by atoms with Gasteiger partial charge in [0, 0.05) is 42.0 Å². The summed E-state index contributed by atoms with van der Waals surface area (Å²) in [4.78, 5) is 29.8. The molecule has 134 valence electrons. The number of likely N-dealkylation sites (N-methyl/N-ethyl adjacent to an activating group) is 1. The Labute approximate surface area is 149 Å². The minimum Gasteiger partial charge on any atom is -0.497 e. The van der Waals surface area contributed by atoms with Gasteiger partial charge in [-0.3, -0.25) is 9.78 Å². The summed E-state index contributed by atoms with van der Waals surface area (Å²) >= 11 is 0. The number of nitrogens with zero attached hydrogens (tertiary/aromatic N) is 2. The quantitative estimate of drug-likeness (QED) is 0.757. The van der Waals surface area contributed by atoms with Gasteiger partial charge >= 0.3 is 5.97 Å². The van der Waals surface area contributed by atoms with Crippen molar-refractivity contribution >= 4 is 22.8 Å². The third-order valence-electron chi connectivity index (χ3n) is 4.28. The van der Waals surface area contributed by atoms with Crippen LogP contribution < -0.4 is 4.74 Å². The van der Waals surface area contributed by atoms with E-state index < -0.39 is 17.9 Å². The zero-order valence-corrected chi connectivity index (χ0v) is 14.6. The van der Waals surface area contributed by atoms with Gasteiger partial charge in [-0.1, -0.05) is 6.07 Å². The molecule has 1 amide bonds. The molecule has 0 aliphatic heterocycles. The zero-order valence-electron chi connectivity index (χ0n) is 14.6. The number of aryl methyl sites for hydroxylation is 1. The molecule has 7 nitrogen and oxygen atoms in total. The lowest BCUT2D eigenvalue weighted by Gasteiger charge is -2.24. The minimum atomic E-state index is -1.17. The fraction of sp³-hybridized carbons (Fsp3) is 0.211. The summed E-state index contributed by atoms with van der Waals surface area (Å²) in [5.41, 5.74) is 1.56. The Bertz CT molecular complexity index is 965. The van der Waals surface area contributed by atoms with Crippen LogP contribution in [0.3, 0.4) is 0 Å². The zero-order chi connectivity index (χ0) is 18.8. The van der Waals surface area contributed by atoms with Crippen molar-refractivity contribution in [1.82, 2.24) is 9.88 Å². The molecule has 0 fully saturated rings. The Kier molecular flexibility index (Phi) is 4.62. The second-order valence-corrected chi connectivity index (χ2v) is 5.86. The SMILES string of the molecule is COc1ccc2c(C)c(C(=O)N(C)[C@H](C(=O)O)c3cccnc3)oc2c1. The molecule has 0 radical (unpaired) electrons. The van der Waals surface area contributed by atoms with E-state index in [1.54, 1.807) is 50.6 Å². The first-order chi connectivity index (χ1) is 12.4. The van der Waals surface area contributed by atoms with Crippen LogP contribution in [-0.2, 0) is 4.79 Å². The molecule has 1 aromatic carbocycles. The van der Waals surface area contributed by atoms with Crippen LogP contribution in [0.25, 0.3) is 11.0 Å². The lowest BCUT2D eigenvalue weighted by Crippen LogP contribution is -2.36. The number of carbonyl (C=O) groups excluding carboxylic acids is 1. The molecule has 1 atom stereocenters. The number of carbonyl (C=O) groups is 2. The van der Waals surface area contributed by atoms with E-state index in [1.165, 1.54) is 13.2 Å². The van der Waals surface area contributed by atoms with Crippen LogP contribution in [0.5, 0.6) is 5.75 Å². The third-order valence-corrected chi connectivity index (χ3v) is 4.28. The maximum absolute atomic E-state index is 12.9. The lowest BCUT2D eigenvalue weighted by molar-refractivity contribution is -0.142. The number of furan rings is 1. The Morgan fingerprint density at radius 1 is 1.31 bits per heavy atom. The number of carboxylic acids is 1. The molecule has 0 spiro atoms. The highest BCUT2D eigenvalue weighted by molar-refractivity contribution is 6.00. The van der Waals surface area contributed by atoms with Crippen molar-refractivity contribution in [3.63, 3.8) is 0 Å². The van der Waals surface area contributed by atoms with Crippen LogP contribution in [-0.4, -0.2) is 41.0 Å². The van der Waals surface area contributed by atoms with Gasteiger partial charge in [0.2, 0.25) is 0 Å². The van der Waals surface area contributed by atoms with E-state index >= 15 is 0 Å². The van der Waals surface area contributed by atoms with Gasteiger partial charge in [-0.05, 0) is 25.1 Å². The number of aliphatic carboxylic acids is 1. The van der Waals surface area contributed by atoms with Crippen molar-refractivity contribution < 1.29 is 23.8 Å². The van der Waals surface area contributed by atoms with E-state index in [-0.39, 0.29) is 5.76 Å². The van der Waals surface area contributed by atoms with Gasteiger partial charge in [-0.2, -0.15) is 0 Å². The number of benzene rings is 1. The smallest absolute Gasteiger partial charge is 0.331 e. The lowest BCUT2D eigenvalue weighted by atomic mass is 10.1. The first-order valence-corrected chi connectivity index (χ1v) is 7.91. The largest absolute Gasteiger partial charge is 0.497 e. The van der Waals surface area contributed by atoms with Gasteiger partial charge in [0.25, 0.3) is 5.91 Å². The molecule has 3 rings (SSSR count). The summed E-state index contributed by atoms with van der Waals surface area (Å²) < 4.78 is 10.9. The van der Waals surface area contributed by atoms with Crippen molar-refractivity contribution in [2.75, 3.05) is 14.2 Å². The van der Waals surface area contributed by atoms with E-state index in [2.05, 4.69) is 4.98 Å². The van der Waals surface area contributed by atoms with Gasteiger partial charge in [-0.25, -0.2) is 4.79 Å². The van der Waals surface area contributed by atoms with E-state index in [9.17, 15) is 14.7 Å². The monoisotopic (exact) mass is 354 g/mol. The van der Waals surface area contributed by atoms with Gasteiger partial charge in [0.15, 0.2) is 11.8 Å². The summed E-state index contributed by atoms with van der Waals surface area (Å²) in [6.07, 6.45) is 2.97. The number of carboxylic acid groups (broad SMARTS) is 1. The van der Waals surface area contributed by atoms with Crippen molar-refractivity contribution in [3.8, 4) is 5.75 Å². The maximum Gasteiger partial charge on any atom is 0.331 e. The predicted octanol–water partition coefficient (Wildman–Crippen LogP) is 3.04. The van der Waals surface area contributed by atoms with Gasteiger partial charge < -0.3 is 19.2 Å². The normalized spacial score (nSPS) is 12.0. The topological polar surface area (TPSA) is 92.9 Å². The number of amides is 1. The Morgan fingerprint density at radius 2 is 2.08 bits per heavy atom. The van der Waals surface area contributed by atoms with Crippen molar-refractivity contribution in [1.29, 1.82) is 0 Å². The summed E-state index contributed by atoms with van der Waals surface area (Å²) in [6.45, 7) is 1.76. The second-order valence-electron chi connectivity index (χ2n) is 5.86. The minimum absolute atomic E-state index is 0.103. The molecule has 0 bridgehead atoms. The average Bonchev–Trinajstić information content (AvgIpc) is 2.97. The van der Waals surface area contributed by atoms with Crippen LogP contribution in [0.2, 0.25) is 0 Å². The van der Waals surface area contributed by atoms with E-state index in [1.807, 2.05) is 0 Å². The summed E-state index contributed by atoms with van der Waals surface area (Å²) in [5, 5.41) is 10.4. The molecule has 7 heteroatoms. The molecule has 0 saturated carbocycles. The number of hydrogen-bond donors (Lipinski definition) is 1. The van der Waals surface area contributed by atoms with Gasteiger partial charge in [0.05, 0.1) is 7.11 Å². The Hall–Kier alpha value is -3.35. The number of methoxy groups -OCH3 is 1. The highest BCUT2D eigenvalue weighted by Crippen LogP contribution is 2.30. The van der Waals surface area contributed by atoms with Crippen LogP contribution in [0.4, 0.5) is 0 Å². The Morgan fingerprint density at radius 3 is 2.69 bits per heavy atom. The summed E-state index contributed by atoms with van der Waals surface area (Å²) in [5.74, 6) is -0.957. The predicted molar refractivity (Wildman–Crippen MR) is 94.2 cm³/mol. The second kappa shape index (κ2) is 6.87. The molecule has 0 aliphatic carbocycles.